The number of hydrogen-bond donors (Lipinski definition) is 1. The third-order valence-electron chi connectivity index (χ3n) is 3.32. The van der Waals surface area contributed by atoms with Crippen molar-refractivity contribution in [2.75, 3.05) is 33.7 Å². The maximum Gasteiger partial charge on any atom is 0.190 e. The molecule has 0 amide bonds. The summed E-state index contributed by atoms with van der Waals surface area (Å²) >= 11 is 0. The van der Waals surface area contributed by atoms with Gasteiger partial charge in [0.25, 0.3) is 0 Å². The first kappa shape index (κ1) is 15.5. The van der Waals surface area contributed by atoms with E-state index in [4.69, 9.17) is 5.73 Å². The lowest BCUT2D eigenvalue weighted by molar-refractivity contribution is 0.224. The van der Waals surface area contributed by atoms with Crippen molar-refractivity contribution in [1.82, 2.24) is 9.80 Å². The van der Waals surface area contributed by atoms with Gasteiger partial charge < -0.3 is 10.6 Å². The molecular weight excluding hydrogens is 236 g/mol. The van der Waals surface area contributed by atoms with Gasteiger partial charge >= 0.3 is 0 Å². The molecule has 0 saturated carbocycles. The van der Waals surface area contributed by atoms with E-state index in [-0.39, 0.29) is 6.04 Å². The predicted octanol–water partition coefficient (Wildman–Crippen LogP) is 1.95. The van der Waals surface area contributed by atoms with E-state index >= 15 is 0 Å². The standard InChI is InChI=1S/C15H26N4/c1-5-19(6-2)14(12-17-15(16)18(3)4)13-10-8-7-9-11-13/h7-11,14H,5-6,12H2,1-4H3,(H2,16,17). The van der Waals surface area contributed by atoms with Crippen molar-refractivity contribution in [2.45, 2.75) is 19.9 Å². The Bertz CT molecular complexity index is 382. The van der Waals surface area contributed by atoms with Crippen molar-refractivity contribution in [3.63, 3.8) is 0 Å². The molecule has 1 atom stereocenters. The third-order valence-corrected chi connectivity index (χ3v) is 3.32. The van der Waals surface area contributed by atoms with Crippen molar-refractivity contribution in [2.24, 2.45) is 10.7 Å². The maximum atomic E-state index is 5.88. The second-order valence-corrected chi connectivity index (χ2v) is 4.74. The zero-order valence-electron chi connectivity index (χ0n) is 12.5. The molecule has 0 aromatic heterocycles. The highest BCUT2D eigenvalue weighted by Crippen LogP contribution is 2.20. The van der Waals surface area contributed by atoms with Gasteiger partial charge in [0.15, 0.2) is 5.96 Å². The van der Waals surface area contributed by atoms with Gasteiger partial charge in [0.1, 0.15) is 0 Å². The fourth-order valence-corrected chi connectivity index (χ4v) is 2.09. The van der Waals surface area contributed by atoms with Crippen LogP contribution in [0.1, 0.15) is 25.5 Å². The molecule has 0 aliphatic carbocycles. The minimum atomic E-state index is 0.287. The van der Waals surface area contributed by atoms with Crippen molar-refractivity contribution >= 4 is 5.96 Å². The summed E-state index contributed by atoms with van der Waals surface area (Å²) in [7, 11) is 3.82. The smallest absolute Gasteiger partial charge is 0.190 e. The van der Waals surface area contributed by atoms with Crippen LogP contribution in [0, 0.1) is 0 Å². The zero-order valence-corrected chi connectivity index (χ0v) is 12.5. The molecule has 4 heteroatoms. The fourth-order valence-electron chi connectivity index (χ4n) is 2.09. The summed E-state index contributed by atoms with van der Waals surface area (Å²) in [6.45, 7) is 7.06. The first-order valence-corrected chi connectivity index (χ1v) is 6.86. The first-order valence-electron chi connectivity index (χ1n) is 6.86. The van der Waals surface area contributed by atoms with Gasteiger partial charge in [-0.2, -0.15) is 0 Å². The largest absolute Gasteiger partial charge is 0.370 e. The Hall–Kier alpha value is -1.55. The quantitative estimate of drug-likeness (QED) is 0.629. The van der Waals surface area contributed by atoms with Crippen molar-refractivity contribution < 1.29 is 0 Å². The van der Waals surface area contributed by atoms with Crippen LogP contribution in [0.2, 0.25) is 0 Å². The number of rotatable bonds is 6. The lowest BCUT2D eigenvalue weighted by Crippen LogP contribution is -2.34. The molecule has 0 spiro atoms. The summed E-state index contributed by atoms with van der Waals surface area (Å²) < 4.78 is 0. The normalized spacial score (nSPS) is 13.6. The minimum absolute atomic E-state index is 0.287. The van der Waals surface area contributed by atoms with E-state index < -0.39 is 0 Å². The number of benzene rings is 1. The first-order chi connectivity index (χ1) is 9.10. The molecule has 1 aromatic rings. The van der Waals surface area contributed by atoms with Gasteiger partial charge in [-0.05, 0) is 18.7 Å². The number of nitrogens with two attached hydrogens (primary N) is 1. The Balaban J connectivity index is 2.91. The topological polar surface area (TPSA) is 44.9 Å². The van der Waals surface area contributed by atoms with Gasteiger partial charge in [-0.15, -0.1) is 0 Å². The van der Waals surface area contributed by atoms with E-state index in [1.807, 2.05) is 25.1 Å². The summed E-state index contributed by atoms with van der Waals surface area (Å²) in [5.74, 6) is 0.577. The van der Waals surface area contributed by atoms with Gasteiger partial charge in [0.05, 0.1) is 12.6 Å². The van der Waals surface area contributed by atoms with E-state index in [0.717, 1.165) is 13.1 Å². The molecule has 0 saturated heterocycles. The van der Waals surface area contributed by atoms with Crippen LogP contribution in [0.3, 0.4) is 0 Å². The summed E-state index contributed by atoms with van der Waals surface area (Å²) in [6, 6.07) is 10.8. The Morgan fingerprint density at radius 1 is 1.16 bits per heavy atom. The molecule has 19 heavy (non-hydrogen) atoms. The SMILES string of the molecule is CCN(CC)C(CN=C(N)N(C)C)c1ccccc1. The van der Waals surface area contributed by atoms with Crippen LogP contribution in [0.5, 0.6) is 0 Å². The molecule has 0 aliphatic heterocycles. The maximum absolute atomic E-state index is 5.88. The molecule has 0 bridgehead atoms. The molecule has 1 unspecified atom stereocenters. The van der Waals surface area contributed by atoms with Crippen molar-refractivity contribution in [1.29, 1.82) is 0 Å². The third kappa shape index (κ3) is 4.56. The van der Waals surface area contributed by atoms with Crippen LogP contribution >= 0.6 is 0 Å². The van der Waals surface area contributed by atoms with Crippen LogP contribution in [-0.4, -0.2) is 49.5 Å². The van der Waals surface area contributed by atoms with E-state index in [2.05, 4.69) is 48.0 Å². The lowest BCUT2D eigenvalue weighted by atomic mass is 10.1. The average Bonchev–Trinajstić information content (AvgIpc) is 2.43. The number of guanidine groups is 1. The highest BCUT2D eigenvalue weighted by molar-refractivity contribution is 5.77. The highest BCUT2D eigenvalue weighted by Gasteiger charge is 2.17. The number of likely N-dealkylation sites (N-methyl/N-ethyl adjacent to an activating group) is 1. The van der Waals surface area contributed by atoms with Crippen LogP contribution in [0.4, 0.5) is 0 Å². The Labute approximate surface area is 116 Å². The van der Waals surface area contributed by atoms with Gasteiger partial charge in [0.2, 0.25) is 0 Å². The molecular formula is C15H26N4. The lowest BCUT2D eigenvalue weighted by Gasteiger charge is -2.29. The van der Waals surface area contributed by atoms with Crippen LogP contribution in [-0.2, 0) is 0 Å². The van der Waals surface area contributed by atoms with E-state index in [9.17, 15) is 0 Å². The van der Waals surface area contributed by atoms with Crippen LogP contribution in [0.15, 0.2) is 35.3 Å². The molecule has 0 heterocycles. The van der Waals surface area contributed by atoms with Gasteiger partial charge in [-0.1, -0.05) is 44.2 Å². The molecule has 106 valence electrons. The Kier molecular flexibility index (Phi) is 6.36. The number of nitrogens with zero attached hydrogens (tertiary/aromatic N) is 3. The van der Waals surface area contributed by atoms with Gasteiger partial charge in [0, 0.05) is 14.1 Å². The second kappa shape index (κ2) is 7.79. The number of aliphatic imine (C=N–C) groups is 1. The summed E-state index contributed by atoms with van der Waals surface area (Å²) in [4.78, 5) is 8.74. The molecule has 1 rings (SSSR count). The molecule has 4 nitrogen and oxygen atoms in total. The Morgan fingerprint density at radius 2 is 1.74 bits per heavy atom. The van der Waals surface area contributed by atoms with E-state index in [1.165, 1.54) is 5.56 Å². The van der Waals surface area contributed by atoms with E-state index in [1.54, 1.807) is 0 Å². The second-order valence-electron chi connectivity index (χ2n) is 4.74. The minimum Gasteiger partial charge on any atom is -0.370 e. The summed E-state index contributed by atoms with van der Waals surface area (Å²) in [5.41, 5.74) is 7.18. The van der Waals surface area contributed by atoms with E-state index in [0.29, 0.717) is 12.5 Å². The summed E-state index contributed by atoms with van der Waals surface area (Å²) in [6.07, 6.45) is 0. The molecule has 0 radical (unpaired) electrons. The van der Waals surface area contributed by atoms with Crippen molar-refractivity contribution in [3.8, 4) is 0 Å². The monoisotopic (exact) mass is 262 g/mol. The molecule has 0 fully saturated rings. The van der Waals surface area contributed by atoms with Crippen LogP contribution < -0.4 is 5.73 Å². The molecule has 2 N–H and O–H groups in total. The zero-order chi connectivity index (χ0) is 14.3. The molecule has 1 aromatic carbocycles. The van der Waals surface area contributed by atoms with Crippen molar-refractivity contribution in [3.05, 3.63) is 35.9 Å². The van der Waals surface area contributed by atoms with Crippen LogP contribution in [0.25, 0.3) is 0 Å². The summed E-state index contributed by atoms with van der Waals surface area (Å²) in [5, 5.41) is 0. The average molecular weight is 262 g/mol. The Morgan fingerprint density at radius 3 is 2.21 bits per heavy atom. The van der Waals surface area contributed by atoms with Gasteiger partial charge in [-0.25, -0.2) is 0 Å². The molecule has 0 aliphatic rings. The van der Waals surface area contributed by atoms with Gasteiger partial charge in [-0.3, -0.25) is 9.89 Å². The predicted molar refractivity (Wildman–Crippen MR) is 82.3 cm³/mol. The number of hydrogen-bond acceptors (Lipinski definition) is 2. The highest BCUT2D eigenvalue weighted by atomic mass is 15.2. The fraction of sp³-hybridized carbons (Fsp3) is 0.533.